The van der Waals surface area contributed by atoms with E-state index in [0.29, 0.717) is 23.0 Å². The molecule has 1 heterocycles. The van der Waals surface area contributed by atoms with Gasteiger partial charge in [-0.3, -0.25) is 0 Å². The highest BCUT2D eigenvalue weighted by Crippen LogP contribution is 1.79. The average Bonchev–Trinajstić information content (AvgIpc) is 2.07. The van der Waals surface area contributed by atoms with Gasteiger partial charge in [-0.2, -0.15) is 0 Å². The number of hydrogen-bond donors (Lipinski definition) is 1. The standard InChI is InChI=1S/C6H9ClN4O/c1-5-4-9-11(12)6(10-5)8-3-2-7/h4,12H,2-3H2,1H3. The molecule has 0 unspecified atom stereocenters. The minimum absolute atomic E-state index is 0.177. The number of hydrogen-bond acceptors (Lipinski definition) is 4. The van der Waals surface area contributed by atoms with Crippen molar-refractivity contribution in [2.24, 2.45) is 4.99 Å². The van der Waals surface area contributed by atoms with Crippen molar-refractivity contribution in [3.05, 3.63) is 17.5 Å². The molecular formula is C6H9ClN4O. The highest BCUT2D eigenvalue weighted by atomic mass is 35.5. The van der Waals surface area contributed by atoms with Gasteiger partial charge >= 0.3 is 0 Å². The Morgan fingerprint density at radius 3 is 3.17 bits per heavy atom. The quantitative estimate of drug-likeness (QED) is 0.524. The highest BCUT2D eigenvalue weighted by Gasteiger charge is 1.92. The van der Waals surface area contributed by atoms with E-state index >= 15 is 0 Å². The molecule has 1 rings (SSSR count). The van der Waals surface area contributed by atoms with Gasteiger partial charge in [0.25, 0.3) is 5.62 Å². The Balaban J connectivity index is 3.05. The van der Waals surface area contributed by atoms with E-state index in [-0.39, 0.29) is 5.62 Å². The molecule has 0 radical (unpaired) electrons. The molecule has 66 valence electrons. The van der Waals surface area contributed by atoms with Gasteiger partial charge in [-0.05, 0) is 6.92 Å². The summed E-state index contributed by atoms with van der Waals surface area (Å²) in [5, 5.41) is 12.7. The zero-order valence-electron chi connectivity index (χ0n) is 6.61. The highest BCUT2D eigenvalue weighted by molar-refractivity contribution is 6.18. The van der Waals surface area contributed by atoms with Crippen molar-refractivity contribution in [2.45, 2.75) is 6.92 Å². The van der Waals surface area contributed by atoms with E-state index in [9.17, 15) is 0 Å². The second-order valence-corrected chi connectivity index (χ2v) is 2.54. The van der Waals surface area contributed by atoms with Crippen LogP contribution >= 0.6 is 11.6 Å². The molecule has 0 aliphatic carbocycles. The zero-order valence-corrected chi connectivity index (χ0v) is 7.36. The monoisotopic (exact) mass is 188 g/mol. The van der Waals surface area contributed by atoms with Crippen LogP contribution in [0.3, 0.4) is 0 Å². The van der Waals surface area contributed by atoms with Crippen molar-refractivity contribution >= 4 is 11.6 Å². The van der Waals surface area contributed by atoms with Crippen LogP contribution in [0.25, 0.3) is 0 Å². The maximum absolute atomic E-state index is 9.07. The number of nitrogens with zero attached hydrogens (tertiary/aromatic N) is 4. The second kappa shape index (κ2) is 4.06. The van der Waals surface area contributed by atoms with E-state index in [4.69, 9.17) is 16.8 Å². The molecule has 0 atom stereocenters. The maximum Gasteiger partial charge on any atom is 0.279 e. The van der Waals surface area contributed by atoms with Gasteiger partial charge in [0.1, 0.15) is 0 Å². The molecule has 12 heavy (non-hydrogen) atoms. The third-order valence-electron chi connectivity index (χ3n) is 1.15. The fourth-order valence-corrected chi connectivity index (χ4v) is 0.747. The Morgan fingerprint density at radius 2 is 2.50 bits per heavy atom. The minimum atomic E-state index is 0.177. The summed E-state index contributed by atoms with van der Waals surface area (Å²) in [5.74, 6) is 0.398. The molecule has 1 aromatic heterocycles. The summed E-state index contributed by atoms with van der Waals surface area (Å²) in [4.78, 5) is 8.45. The van der Waals surface area contributed by atoms with E-state index in [0.717, 1.165) is 0 Å². The number of alkyl halides is 1. The molecule has 1 N–H and O–H groups in total. The molecule has 0 aliphatic rings. The van der Waals surface area contributed by atoms with Gasteiger partial charge in [-0.15, -0.1) is 16.7 Å². The fraction of sp³-hybridized carbons (Fsp3) is 0.500. The molecule has 0 spiro atoms. The number of aryl methyl sites for hydroxylation is 1. The summed E-state index contributed by atoms with van der Waals surface area (Å²) >= 11 is 5.41. The van der Waals surface area contributed by atoms with E-state index in [1.807, 2.05) is 0 Å². The molecule has 0 bridgehead atoms. The number of rotatable bonds is 2. The lowest BCUT2D eigenvalue weighted by Crippen LogP contribution is -2.26. The van der Waals surface area contributed by atoms with Crippen molar-refractivity contribution in [2.75, 3.05) is 12.4 Å². The van der Waals surface area contributed by atoms with E-state index in [1.54, 1.807) is 6.92 Å². The van der Waals surface area contributed by atoms with Gasteiger partial charge in [-0.1, -0.05) is 4.85 Å². The Bertz CT molecular complexity index is 322. The van der Waals surface area contributed by atoms with Crippen LogP contribution in [0.4, 0.5) is 0 Å². The molecule has 0 aliphatic heterocycles. The van der Waals surface area contributed by atoms with E-state index in [1.165, 1.54) is 6.20 Å². The van der Waals surface area contributed by atoms with Crippen LogP contribution in [0.15, 0.2) is 11.2 Å². The summed E-state index contributed by atoms with van der Waals surface area (Å²) < 4.78 is 0. The maximum atomic E-state index is 9.07. The topological polar surface area (TPSA) is 63.3 Å². The van der Waals surface area contributed by atoms with Gasteiger partial charge < -0.3 is 5.21 Å². The van der Waals surface area contributed by atoms with Crippen LogP contribution in [0, 0.1) is 6.92 Å². The first-order valence-corrected chi connectivity index (χ1v) is 3.96. The molecular weight excluding hydrogens is 180 g/mol. The van der Waals surface area contributed by atoms with Crippen molar-refractivity contribution in [3.63, 3.8) is 0 Å². The molecule has 1 aromatic rings. The van der Waals surface area contributed by atoms with Gasteiger partial charge in [0.05, 0.1) is 18.4 Å². The summed E-state index contributed by atoms with van der Waals surface area (Å²) in [6.07, 6.45) is 1.44. The van der Waals surface area contributed by atoms with E-state index in [2.05, 4.69) is 15.1 Å². The fourth-order valence-electron chi connectivity index (χ4n) is 0.662. The third-order valence-corrected chi connectivity index (χ3v) is 1.32. The van der Waals surface area contributed by atoms with Crippen molar-refractivity contribution in [1.82, 2.24) is 14.9 Å². The molecule has 0 saturated heterocycles. The van der Waals surface area contributed by atoms with Gasteiger partial charge in [0.15, 0.2) is 0 Å². The van der Waals surface area contributed by atoms with Gasteiger partial charge in [0.2, 0.25) is 0 Å². The smallest absolute Gasteiger partial charge is 0.279 e. The number of aromatic nitrogens is 3. The Kier molecular flexibility index (Phi) is 3.04. The lowest BCUT2D eigenvalue weighted by atomic mass is 10.5. The Hall–Kier alpha value is -1.10. The Labute approximate surface area is 74.3 Å². The lowest BCUT2D eigenvalue weighted by molar-refractivity contribution is 0.125. The van der Waals surface area contributed by atoms with E-state index < -0.39 is 0 Å². The first-order valence-electron chi connectivity index (χ1n) is 3.42. The van der Waals surface area contributed by atoms with Crippen LogP contribution in [-0.2, 0) is 0 Å². The minimum Gasteiger partial charge on any atom is -0.409 e. The second-order valence-electron chi connectivity index (χ2n) is 2.16. The van der Waals surface area contributed by atoms with Crippen LogP contribution in [0.5, 0.6) is 0 Å². The lowest BCUT2D eigenvalue weighted by Gasteiger charge is -1.95. The zero-order chi connectivity index (χ0) is 8.97. The Morgan fingerprint density at radius 1 is 1.75 bits per heavy atom. The molecule has 0 fully saturated rings. The van der Waals surface area contributed by atoms with Gasteiger partial charge in [-0.25, -0.2) is 9.98 Å². The van der Waals surface area contributed by atoms with Crippen LogP contribution in [0.1, 0.15) is 5.69 Å². The normalized spacial score (nSPS) is 12.0. The summed E-state index contributed by atoms with van der Waals surface area (Å²) in [6, 6.07) is 0. The molecule has 0 aromatic carbocycles. The van der Waals surface area contributed by atoms with Crippen molar-refractivity contribution in [1.29, 1.82) is 0 Å². The van der Waals surface area contributed by atoms with Crippen LogP contribution in [-0.4, -0.2) is 32.6 Å². The summed E-state index contributed by atoms with van der Waals surface area (Å²) in [5.41, 5.74) is 0.879. The van der Waals surface area contributed by atoms with Crippen molar-refractivity contribution < 1.29 is 5.21 Å². The summed E-state index contributed by atoms with van der Waals surface area (Å²) in [6.45, 7) is 2.19. The number of halogens is 1. The predicted molar refractivity (Wildman–Crippen MR) is 43.1 cm³/mol. The van der Waals surface area contributed by atoms with Crippen LogP contribution in [0.2, 0.25) is 0 Å². The first kappa shape index (κ1) is 8.99. The third kappa shape index (κ3) is 2.20. The van der Waals surface area contributed by atoms with Gasteiger partial charge in [0, 0.05) is 5.88 Å². The molecule has 5 nitrogen and oxygen atoms in total. The van der Waals surface area contributed by atoms with Crippen LogP contribution < -0.4 is 5.62 Å². The van der Waals surface area contributed by atoms with Crippen molar-refractivity contribution in [3.8, 4) is 0 Å². The average molecular weight is 189 g/mol. The predicted octanol–water partition coefficient (Wildman–Crippen LogP) is -0.0367. The molecule has 6 heteroatoms. The first-order chi connectivity index (χ1) is 5.74. The SMILES string of the molecule is Cc1cnn(O)c(=NCCCl)n1. The summed E-state index contributed by atoms with van der Waals surface area (Å²) in [7, 11) is 0. The molecule has 0 saturated carbocycles. The largest absolute Gasteiger partial charge is 0.409 e. The molecule has 0 amide bonds.